The number of piperidine rings is 2. The molecule has 0 aromatic rings. The van der Waals surface area contributed by atoms with Gasteiger partial charge in [-0.2, -0.15) is 0 Å². The molecule has 19 heavy (non-hydrogen) atoms. The Morgan fingerprint density at radius 1 is 1.05 bits per heavy atom. The molecule has 2 rings (SSSR count). The summed E-state index contributed by atoms with van der Waals surface area (Å²) in [4.78, 5) is 16.7. The summed E-state index contributed by atoms with van der Waals surface area (Å²) in [5, 5.41) is 0. The van der Waals surface area contributed by atoms with Crippen LogP contribution in [-0.4, -0.2) is 48.4 Å². The van der Waals surface area contributed by atoms with Crippen molar-refractivity contribution in [2.24, 2.45) is 17.8 Å². The van der Waals surface area contributed by atoms with Crippen molar-refractivity contribution in [3.8, 4) is 0 Å². The molecular formula is C16H30N2O. The lowest BCUT2D eigenvalue weighted by Crippen LogP contribution is -2.44. The molecule has 0 spiro atoms. The van der Waals surface area contributed by atoms with Gasteiger partial charge >= 0.3 is 0 Å². The van der Waals surface area contributed by atoms with Crippen molar-refractivity contribution in [3.05, 3.63) is 0 Å². The highest BCUT2D eigenvalue weighted by atomic mass is 16.2. The van der Waals surface area contributed by atoms with Gasteiger partial charge in [0.1, 0.15) is 0 Å². The second kappa shape index (κ2) is 6.74. The molecule has 2 aliphatic heterocycles. The van der Waals surface area contributed by atoms with Gasteiger partial charge in [0.25, 0.3) is 0 Å². The molecule has 0 bridgehead atoms. The maximum Gasteiger partial charge on any atom is 0.225 e. The standard InChI is InChI=1S/C16H30N2O/c1-13(2)16(19)18-10-6-15(7-11-18)12-17-8-4-14(3)5-9-17/h13-15H,4-12H2,1-3H3. The molecular weight excluding hydrogens is 236 g/mol. The zero-order valence-electron chi connectivity index (χ0n) is 12.9. The minimum atomic E-state index is 0.153. The average Bonchev–Trinajstić information content (AvgIpc) is 2.41. The van der Waals surface area contributed by atoms with Crippen molar-refractivity contribution in [1.82, 2.24) is 9.80 Å². The van der Waals surface area contributed by atoms with Crippen LogP contribution in [0, 0.1) is 17.8 Å². The Kier molecular flexibility index (Phi) is 5.26. The fourth-order valence-corrected chi connectivity index (χ4v) is 3.31. The maximum absolute atomic E-state index is 11.9. The molecule has 2 heterocycles. The van der Waals surface area contributed by atoms with Gasteiger partial charge < -0.3 is 9.80 Å². The Labute approximate surface area is 118 Å². The SMILES string of the molecule is CC1CCN(CC2CCN(C(=O)C(C)C)CC2)CC1. The monoisotopic (exact) mass is 266 g/mol. The first-order chi connectivity index (χ1) is 9.06. The molecule has 0 aromatic heterocycles. The molecule has 0 aliphatic carbocycles. The Balaban J connectivity index is 1.70. The minimum Gasteiger partial charge on any atom is -0.342 e. The van der Waals surface area contributed by atoms with E-state index in [1.807, 2.05) is 13.8 Å². The zero-order valence-corrected chi connectivity index (χ0v) is 12.9. The Morgan fingerprint density at radius 2 is 1.63 bits per heavy atom. The summed E-state index contributed by atoms with van der Waals surface area (Å²) in [7, 11) is 0. The Morgan fingerprint density at radius 3 is 2.16 bits per heavy atom. The number of carbonyl (C=O) groups is 1. The second-order valence-corrected chi connectivity index (χ2v) is 6.91. The molecule has 3 heteroatoms. The van der Waals surface area contributed by atoms with Crippen LogP contribution in [0.2, 0.25) is 0 Å². The van der Waals surface area contributed by atoms with Crippen LogP contribution in [-0.2, 0) is 4.79 Å². The third kappa shape index (κ3) is 4.20. The molecule has 110 valence electrons. The van der Waals surface area contributed by atoms with Crippen LogP contribution < -0.4 is 0 Å². The predicted molar refractivity (Wildman–Crippen MR) is 79.0 cm³/mol. The van der Waals surface area contributed by atoms with Gasteiger partial charge in [0.05, 0.1) is 0 Å². The lowest BCUT2D eigenvalue weighted by Gasteiger charge is -2.37. The molecule has 1 amide bonds. The van der Waals surface area contributed by atoms with Crippen LogP contribution in [0.5, 0.6) is 0 Å². The molecule has 0 aromatic carbocycles. The molecule has 0 atom stereocenters. The van der Waals surface area contributed by atoms with E-state index < -0.39 is 0 Å². The zero-order chi connectivity index (χ0) is 13.8. The van der Waals surface area contributed by atoms with E-state index in [-0.39, 0.29) is 5.92 Å². The first-order valence-electron chi connectivity index (χ1n) is 8.07. The van der Waals surface area contributed by atoms with Crippen molar-refractivity contribution in [2.75, 3.05) is 32.7 Å². The van der Waals surface area contributed by atoms with E-state index in [9.17, 15) is 4.79 Å². The van der Waals surface area contributed by atoms with Gasteiger partial charge in [0, 0.05) is 25.6 Å². The van der Waals surface area contributed by atoms with E-state index in [0.717, 1.165) is 24.9 Å². The quantitative estimate of drug-likeness (QED) is 0.784. The van der Waals surface area contributed by atoms with E-state index >= 15 is 0 Å². The minimum absolute atomic E-state index is 0.153. The molecule has 0 N–H and O–H groups in total. The van der Waals surface area contributed by atoms with Gasteiger partial charge in [-0.15, -0.1) is 0 Å². The van der Waals surface area contributed by atoms with Gasteiger partial charge in [0.15, 0.2) is 0 Å². The van der Waals surface area contributed by atoms with Crippen molar-refractivity contribution < 1.29 is 4.79 Å². The summed E-state index contributed by atoms with van der Waals surface area (Å²) in [5.74, 6) is 2.22. The number of hydrogen-bond acceptors (Lipinski definition) is 2. The normalized spacial score (nSPS) is 24.1. The van der Waals surface area contributed by atoms with E-state index in [4.69, 9.17) is 0 Å². The molecule has 0 radical (unpaired) electrons. The van der Waals surface area contributed by atoms with Crippen LogP contribution in [0.1, 0.15) is 46.5 Å². The van der Waals surface area contributed by atoms with Crippen LogP contribution in [0.25, 0.3) is 0 Å². The highest BCUT2D eigenvalue weighted by Gasteiger charge is 2.26. The predicted octanol–water partition coefficient (Wildman–Crippen LogP) is 2.61. The number of amides is 1. The van der Waals surface area contributed by atoms with Gasteiger partial charge in [-0.25, -0.2) is 0 Å². The molecule has 3 nitrogen and oxygen atoms in total. The third-order valence-electron chi connectivity index (χ3n) is 4.81. The van der Waals surface area contributed by atoms with Gasteiger partial charge in [-0.05, 0) is 50.6 Å². The van der Waals surface area contributed by atoms with E-state index in [2.05, 4.69) is 16.7 Å². The summed E-state index contributed by atoms with van der Waals surface area (Å²) in [6, 6.07) is 0. The highest BCUT2D eigenvalue weighted by Crippen LogP contribution is 2.23. The van der Waals surface area contributed by atoms with E-state index in [1.165, 1.54) is 45.3 Å². The number of rotatable bonds is 3. The van der Waals surface area contributed by atoms with Crippen molar-refractivity contribution in [2.45, 2.75) is 46.5 Å². The largest absolute Gasteiger partial charge is 0.342 e. The van der Waals surface area contributed by atoms with E-state index in [1.54, 1.807) is 0 Å². The fourth-order valence-electron chi connectivity index (χ4n) is 3.31. The third-order valence-corrected chi connectivity index (χ3v) is 4.81. The van der Waals surface area contributed by atoms with Crippen LogP contribution in [0.3, 0.4) is 0 Å². The first-order valence-corrected chi connectivity index (χ1v) is 8.07. The lowest BCUT2D eigenvalue weighted by molar-refractivity contribution is -0.135. The lowest BCUT2D eigenvalue weighted by atomic mass is 9.93. The molecule has 0 saturated carbocycles. The van der Waals surface area contributed by atoms with Crippen LogP contribution >= 0.6 is 0 Å². The molecule has 2 fully saturated rings. The number of hydrogen-bond donors (Lipinski definition) is 0. The van der Waals surface area contributed by atoms with Gasteiger partial charge in [-0.1, -0.05) is 20.8 Å². The summed E-state index contributed by atoms with van der Waals surface area (Å²) < 4.78 is 0. The fraction of sp³-hybridized carbons (Fsp3) is 0.938. The molecule has 2 saturated heterocycles. The van der Waals surface area contributed by atoms with E-state index in [0.29, 0.717) is 5.91 Å². The van der Waals surface area contributed by atoms with Crippen molar-refractivity contribution in [1.29, 1.82) is 0 Å². The summed E-state index contributed by atoms with van der Waals surface area (Å²) in [6.07, 6.45) is 5.13. The average molecular weight is 266 g/mol. The van der Waals surface area contributed by atoms with Crippen molar-refractivity contribution >= 4 is 5.91 Å². The molecule has 0 unspecified atom stereocenters. The number of carbonyl (C=O) groups excluding carboxylic acids is 1. The summed E-state index contributed by atoms with van der Waals surface area (Å²) in [6.45, 7) is 12.2. The number of likely N-dealkylation sites (tertiary alicyclic amines) is 2. The molecule has 2 aliphatic rings. The summed E-state index contributed by atoms with van der Waals surface area (Å²) in [5.41, 5.74) is 0. The van der Waals surface area contributed by atoms with Crippen LogP contribution in [0.15, 0.2) is 0 Å². The maximum atomic E-state index is 11.9. The first kappa shape index (κ1) is 14.8. The van der Waals surface area contributed by atoms with Gasteiger partial charge in [-0.3, -0.25) is 4.79 Å². The topological polar surface area (TPSA) is 23.6 Å². The highest BCUT2D eigenvalue weighted by molar-refractivity contribution is 5.78. The number of nitrogens with zero attached hydrogens (tertiary/aromatic N) is 2. The Hall–Kier alpha value is -0.570. The smallest absolute Gasteiger partial charge is 0.225 e. The summed E-state index contributed by atoms with van der Waals surface area (Å²) >= 11 is 0. The second-order valence-electron chi connectivity index (χ2n) is 6.91. The van der Waals surface area contributed by atoms with Crippen LogP contribution in [0.4, 0.5) is 0 Å². The van der Waals surface area contributed by atoms with Crippen molar-refractivity contribution in [3.63, 3.8) is 0 Å². The Bertz CT molecular complexity index is 287. The van der Waals surface area contributed by atoms with Gasteiger partial charge in [0.2, 0.25) is 5.91 Å².